The lowest BCUT2D eigenvalue weighted by Crippen LogP contribution is -2.20. The molecule has 3 nitrogen and oxygen atoms in total. The first kappa shape index (κ1) is 14.9. The number of benzene rings is 2. The summed E-state index contributed by atoms with van der Waals surface area (Å²) < 4.78 is 12.0. The summed E-state index contributed by atoms with van der Waals surface area (Å²) in [5.41, 5.74) is 1.26. The molecule has 0 saturated heterocycles. The van der Waals surface area contributed by atoms with Gasteiger partial charge in [0.05, 0.1) is 7.11 Å². The van der Waals surface area contributed by atoms with Crippen LogP contribution in [0.4, 0.5) is 0 Å². The van der Waals surface area contributed by atoms with Crippen LogP contribution in [0.15, 0.2) is 53.0 Å². The topological polar surface area (TPSA) is 30.5 Å². The Morgan fingerprint density at radius 1 is 1.00 bits per heavy atom. The van der Waals surface area contributed by atoms with Crippen molar-refractivity contribution in [3.8, 4) is 11.5 Å². The first-order chi connectivity index (χ1) is 9.79. The van der Waals surface area contributed by atoms with Gasteiger partial charge in [0.1, 0.15) is 6.61 Å². The average Bonchev–Trinajstić information content (AvgIpc) is 2.49. The van der Waals surface area contributed by atoms with Gasteiger partial charge >= 0.3 is 0 Å². The molecule has 0 saturated carbocycles. The Morgan fingerprint density at radius 2 is 1.70 bits per heavy atom. The van der Waals surface area contributed by atoms with Crippen LogP contribution < -0.4 is 14.8 Å². The van der Waals surface area contributed by atoms with E-state index in [2.05, 4.69) is 33.4 Å². The molecular weight excluding hydrogens is 318 g/mol. The van der Waals surface area contributed by atoms with Gasteiger partial charge < -0.3 is 14.8 Å². The molecule has 20 heavy (non-hydrogen) atoms. The van der Waals surface area contributed by atoms with Crippen LogP contribution in [-0.4, -0.2) is 20.3 Å². The van der Waals surface area contributed by atoms with E-state index in [9.17, 15) is 0 Å². The molecule has 0 aliphatic carbocycles. The highest BCUT2D eigenvalue weighted by atomic mass is 79.9. The number of hydrogen-bond acceptors (Lipinski definition) is 3. The van der Waals surface area contributed by atoms with Gasteiger partial charge in [-0.25, -0.2) is 0 Å². The molecule has 0 bridgehead atoms. The standard InChI is InChI=1S/C16H18BrNO2/c1-19-15-4-2-3-5-16(15)20-11-10-18-12-13-6-8-14(17)9-7-13/h2-9,18H,10-12H2,1H3. The zero-order valence-electron chi connectivity index (χ0n) is 11.4. The maximum atomic E-state index is 5.69. The summed E-state index contributed by atoms with van der Waals surface area (Å²) in [6.45, 7) is 2.23. The van der Waals surface area contributed by atoms with Crippen molar-refractivity contribution < 1.29 is 9.47 Å². The van der Waals surface area contributed by atoms with E-state index in [0.29, 0.717) is 6.61 Å². The smallest absolute Gasteiger partial charge is 0.161 e. The van der Waals surface area contributed by atoms with E-state index in [1.54, 1.807) is 7.11 Å². The lowest BCUT2D eigenvalue weighted by atomic mass is 10.2. The van der Waals surface area contributed by atoms with E-state index in [0.717, 1.165) is 29.1 Å². The van der Waals surface area contributed by atoms with E-state index < -0.39 is 0 Å². The quantitative estimate of drug-likeness (QED) is 0.784. The van der Waals surface area contributed by atoms with Crippen molar-refractivity contribution in [2.24, 2.45) is 0 Å². The fourth-order valence-corrected chi connectivity index (χ4v) is 2.07. The normalized spacial score (nSPS) is 10.3. The Bertz CT molecular complexity index is 528. The van der Waals surface area contributed by atoms with Gasteiger partial charge in [-0.2, -0.15) is 0 Å². The number of halogens is 1. The van der Waals surface area contributed by atoms with Crippen LogP contribution in [0.5, 0.6) is 11.5 Å². The van der Waals surface area contributed by atoms with Gasteiger partial charge in [0.25, 0.3) is 0 Å². The average molecular weight is 336 g/mol. The summed E-state index contributed by atoms with van der Waals surface area (Å²) in [5.74, 6) is 1.54. The molecule has 1 N–H and O–H groups in total. The Hall–Kier alpha value is -1.52. The van der Waals surface area contributed by atoms with Crippen LogP contribution in [-0.2, 0) is 6.54 Å². The van der Waals surface area contributed by atoms with Crippen molar-refractivity contribution in [2.45, 2.75) is 6.54 Å². The van der Waals surface area contributed by atoms with Crippen LogP contribution in [0, 0.1) is 0 Å². The van der Waals surface area contributed by atoms with Crippen LogP contribution in [0.3, 0.4) is 0 Å². The Morgan fingerprint density at radius 3 is 2.40 bits per heavy atom. The van der Waals surface area contributed by atoms with Gasteiger partial charge in [-0.15, -0.1) is 0 Å². The van der Waals surface area contributed by atoms with Crippen molar-refractivity contribution >= 4 is 15.9 Å². The highest BCUT2D eigenvalue weighted by molar-refractivity contribution is 9.10. The summed E-state index contributed by atoms with van der Waals surface area (Å²) in [4.78, 5) is 0. The second kappa shape index (κ2) is 7.92. The predicted octanol–water partition coefficient (Wildman–Crippen LogP) is 3.63. The molecule has 0 aliphatic heterocycles. The van der Waals surface area contributed by atoms with Crippen LogP contribution >= 0.6 is 15.9 Å². The van der Waals surface area contributed by atoms with E-state index >= 15 is 0 Å². The van der Waals surface area contributed by atoms with E-state index in [1.807, 2.05) is 36.4 Å². The van der Waals surface area contributed by atoms with Crippen molar-refractivity contribution in [2.75, 3.05) is 20.3 Å². The maximum Gasteiger partial charge on any atom is 0.161 e. The molecule has 0 aliphatic rings. The van der Waals surface area contributed by atoms with E-state index in [4.69, 9.17) is 9.47 Å². The molecule has 0 aromatic heterocycles. The predicted molar refractivity (Wildman–Crippen MR) is 84.3 cm³/mol. The fraction of sp³-hybridized carbons (Fsp3) is 0.250. The monoisotopic (exact) mass is 335 g/mol. The van der Waals surface area contributed by atoms with Crippen molar-refractivity contribution in [1.82, 2.24) is 5.32 Å². The molecule has 0 heterocycles. The third-order valence-corrected chi connectivity index (χ3v) is 3.38. The molecule has 0 fully saturated rings. The first-order valence-electron chi connectivity index (χ1n) is 6.50. The van der Waals surface area contributed by atoms with Gasteiger partial charge in [0.15, 0.2) is 11.5 Å². The molecule has 0 amide bonds. The highest BCUT2D eigenvalue weighted by Crippen LogP contribution is 2.25. The van der Waals surface area contributed by atoms with Crippen molar-refractivity contribution in [3.05, 3.63) is 58.6 Å². The van der Waals surface area contributed by atoms with E-state index in [-0.39, 0.29) is 0 Å². The summed E-state index contributed by atoms with van der Waals surface area (Å²) >= 11 is 3.43. The van der Waals surface area contributed by atoms with Crippen LogP contribution in [0.1, 0.15) is 5.56 Å². The summed E-state index contributed by atoms with van der Waals surface area (Å²) in [6, 6.07) is 15.9. The Labute approximate surface area is 128 Å². The van der Waals surface area contributed by atoms with Gasteiger partial charge in [-0.05, 0) is 29.8 Å². The minimum Gasteiger partial charge on any atom is -0.493 e. The molecule has 0 unspecified atom stereocenters. The molecule has 0 spiro atoms. The number of hydrogen-bond donors (Lipinski definition) is 1. The zero-order valence-corrected chi connectivity index (χ0v) is 13.0. The fourth-order valence-electron chi connectivity index (χ4n) is 1.81. The number of ether oxygens (including phenoxy) is 2. The number of nitrogens with one attached hydrogen (secondary N) is 1. The third kappa shape index (κ3) is 4.54. The number of rotatable bonds is 7. The van der Waals surface area contributed by atoms with Crippen LogP contribution in [0.25, 0.3) is 0 Å². The van der Waals surface area contributed by atoms with E-state index in [1.165, 1.54) is 5.56 Å². The molecule has 2 aromatic carbocycles. The molecule has 4 heteroatoms. The first-order valence-corrected chi connectivity index (χ1v) is 7.30. The SMILES string of the molecule is COc1ccccc1OCCNCc1ccc(Br)cc1. The zero-order chi connectivity index (χ0) is 14.2. The lowest BCUT2D eigenvalue weighted by Gasteiger charge is -2.10. The van der Waals surface area contributed by atoms with Gasteiger partial charge in [-0.1, -0.05) is 40.2 Å². The summed E-state index contributed by atoms with van der Waals surface area (Å²) in [7, 11) is 1.65. The molecule has 2 rings (SSSR count). The summed E-state index contributed by atoms with van der Waals surface area (Å²) in [5, 5.41) is 3.35. The van der Waals surface area contributed by atoms with Gasteiger partial charge in [-0.3, -0.25) is 0 Å². The highest BCUT2D eigenvalue weighted by Gasteiger charge is 2.01. The molecule has 106 valence electrons. The van der Waals surface area contributed by atoms with Crippen molar-refractivity contribution in [3.63, 3.8) is 0 Å². The molecule has 0 atom stereocenters. The number of methoxy groups -OCH3 is 1. The van der Waals surface area contributed by atoms with Crippen molar-refractivity contribution in [1.29, 1.82) is 0 Å². The third-order valence-electron chi connectivity index (χ3n) is 2.85. The van der Waals surface area contributed by atoms with Gasteiger partial charge in [0, 0.05) is 17.6 Å². The Kier molecular flexibility index (Phi) is 5.89. The minimum atomic E-state index is 0.608. The second-order valence-corrected chi connectivity index (χ2v) is 5.22. The lowest BCUT2D eigenvalue weighted by molar-refractivity contribution is 0.292. The van der Waals surface area contributed by atoms with Crippen LogP contribution in [0.2, 0.25) is 0 Å². The second-order valence-electron chi connectivity index (χ2n) is 4.30. The number of para-hydroxylation sites is 2. The summed E-state index contributed by atoms with van der Waals surface area (Å²) in [6.07, 6.45) is 0. The minimum absolute atomic E-state index is 0.608. The molecular formula is C16H18BrNO2. The Balaban J connectivity index is 1.70. The van der Waals surface area contributed by atoms with Gasteiger partial charge in [0.2, 0.25) is 0 Å². The largest absolute Gasteiger partial charge is 0.493 e. The maximum absolute atomic E-state index is 5.69. The molecule has 0 radical (unpaired) electrons. The molecule has 2 aromatic rings.